The van der Waals surface area contributed by atoms with Crippen LogP contribution in [-0.2, 0) is 15.1 Å². The number of anilines is 1. The molecule has 200 valence electrons. The molecular weight excluding hydrogens is 576 g/mol. The lowest BCUT2D eigenvalue weighted by Gasteiger charge is -2.39. The molecular formula is C29H24Cl2FN3O2S2. The van der Waals surface area contributed by atoms with Gasteiger partial charge in [-0.05, 0) is 70.8 Å². The van der Waals surface area contributed by atoms with Crippen molar-refractivity contribution >= 4 is 63.8 Å². The van der Waals surface area contributed by atoms with Crippen molar-refractivity contribution in [1.82, 2.24) is 10.3 Å². The van der Waals surface area contributed by atoms with E-state index in [0.717, 1.165) is 22.9 Å². The zero-order valence-electron chi connectivity index (χ0n) is 20.8. The number of amides is 1. The summed E-state index contributed by atoms with van der Waals surface area (Å²) >= 11 is 15.0. The van der Waals surface area contributed by atoms with E-state index in [1.54, 1.807) is 30.3 Å². The van der Waals surface area contributed by atoms with Crippen molar-refractivity contribution < 1.29 is 14.0 Å². The first-order valence-electron chi connectivity index (χ1n) is 12.3. The summed E-state index contributed by atoms with van der Waals surface area (Å²) in [5.41, 5.74) is 1.03. The van der Waals surface area contributed by atoms with Gasteiger partial charge in [0.2, 0.25) is 5.91 Å². The maximum atomic E-state index is 13.7. The summed E-state index contributed by atoms with van der Waals surface area (Å²) < 4.78 is 13.7. The number of hydrogen-bond acceptors (Lipinski definition) is 6. The SMILES string of the molecule is CC[C@@H](Nc1cccc(C2(c3ccsc3)CC(=O)C(Sc3ccccc3Cl)C(=O)N2)n1)c1ccc(F)c(Cl)c1. The van der Waals surface area contributed by atoms with Crippen molar-refractivity contribution in [2.75, 3.05) is 5.32 Å². The molecule has 0 spiro atoms. The number of Topliss-reactive ketones (excluding diaryl/α,β-unsaturated/α-hetero) is 1. The van der Waals surface area contributed by atoms with Crippen LogP contribution >= 0.6 is 46.3 Å². The number of rotatable bonds is 8. The van der Waals surface area contributed by atoms with Crippen LogP contribution in [0.3, 0.4) is 0 Å². The number of thioether (sulfide) groups is 1. The molecule has 5 nitrogen and oxygen atoms in total. The Bertz CT molecular complexity index is 1500. The van der Waals surface area contributed by atoms with E-state index in [4.69, 9.17) is 28.2 Å². The normalized spacial score (nSPS) is 19.9. The molecule has 2 aromatic heterocycles. The van der Waals surface area contributed by atoms with Gasteiger partial charge in [-0.2, -0.15) is 11.3 Å². The highest BCUT2D eigenvalue weighted by Crippen LogP contribution is 2.41. The maximum Gasteiger partial charge on any atom is 0.242 e. The minimum Gasteiger partial charge on any atom is -0.363 e. The summed E-state index contributed by atoms with van der Waals surface area (Å²) in [4.78, 5) is 32.6. The highest BCUT2D eigenvalue weighted by molar-refractivity contribution is 8.01. The number of carbonyl (C=O) groups is 2. The smallest absolute Gasteiger partial charge is 0.242 e. The zero-order chi connectivity index (χ0) is 27.6. The van der Waals surface area contributed by atoms with Crippen molar-refractivity contribution in [3.8, 4) is 0 Å². The Morgan fingerprint density at radius 1 is 1.13 bits per heavy atom. The van der Waals surface area contributed by atoms with Gasteiger partial charge in [0.1, 0.15) is 22.4 Å². The standard InChI is InChI=1S/C29H24Cl2FN3O2S2/c1-2-22(17-10-11-21(32)20(31)14-17)33-26-9-5-8-25(34-26)29(18-12-13-38-16-18)15-23(36)27(28(37)35-29)39-24-7-4-3-6-19(24)30/h3-14,16,22,27H,2,15H2,1H3,(H,33,34)(H,35,37)/t22-,27?,29?/m1/s1. The summed E-state index contributed by atoms with van der Waals surface area (Å²) in [5, 5.41) is 9.99. The lowest BCUT2D eigenvalue weighted by molar-refractivity contribution is -0.133. The van der Waals surface area contributed by atoms with Gasteiger partial charge in [0.05, 0.1) is 21.8 Å². The fourth-order valence-corrected chi connectivity index (χ4v) is 6.83. The second-order valence-electron chi connectivity index (χ2n) is 9.16. The van der Waals surface area contributed by atoms with Gasteiger partial charge < -0.3 is 10.6 Å². The van der Waals surface area contributed by atoms with Crippen molar-refractivity contribution in [2.24, 2.45) is 0 Å². The van der Waals surface area contributed by atoms with Crippen molar-refractivity contribution in [3.63, 3.8) is 0 Å². The molecule has 2 aromatic carbocycles. The summed E-state index contributed by atoms with van der Waals surface area (Å²) in [5.74, 6) is -0.516. The Balaban J connectivity index is 1.46. The van der Waals surface area contributed by atoms with E-state index in [2.05, 4.69) is 10.6 Å². The fourth-order valence-electron chi connectivity index (χ4n) is 4.67. The van der Waals surface area contributed by atoms with Crippen LogP contribution in [0.15, 0.2) is 82.4 Å². The monoisotopic (exact) mass is 599 g/mol. The van der Waals surface area contributed by atoms with Crippen molar-refractivity contribution in [1.29, 1.82) is 0 Å². The molecule has 0 radical (unpaired) electrons. The fraction of sp³-hybridized carbons (Fsp3) is 0.207. The molecule has 4 aromatic rings. The quantitative estimate of drug-likeness (QED) is 0.204. The second kappa shape index (κ2) is 11.7. The molecule has 1 amide bonds. The van der Waals surface area contributed by atoms with Gasteiger partial charge in [0.25, 0.3) is 0 Å². The molecule has 3 heterocycles. The van der Waals surface area contributed by atoms with Crippen molar-refractivity contribution in [3.05, 3.63) is 110 Å². The number of nitrogens with one attached hydrogen (secondary N) is 2. The number of pyridine rings is 1. The number of thiophene rings is 1. The number of halogens is 3. The highest BCUT2D eigenvalue weighted by Gasteiger charge is 2.48. The van der Waals surface area contributed by atoms with Gasteiger partial charge in [-0.1, -0.05) is 54.4 Å². The average Bonchev–Trinajstić information content (AvgIpc) is 3.48. The Morgan fingerprint density at radius 2 is 1.95 bits per heavy atom. The van der Waals surface area contributed by atoms with Crippen LogP contribution in [0.4, 0.5) is 10.2 Å². The minimum absolute atomic E-state index is 0.0405. The predicted molar refractivity (Wildman–Crippen MR) is 156 cm³/mol. The van der Waals surface area contributed by atoms with Crippen LogP contribution in [0.2, 0.25) is 10.0 Å². The molecule has 1 aliphatic heterocycles. The topological polar surface area (TPSA) is 71.1 Å². The molecule has 39 heavy (non-hydrogen) atoms. The molecule has 0 aliphatic carbocycles. The van der Waals surface area contributed by atoms with Crippen LogP contribution in [0.5, 0.6) is 0 Å². The molecule has 0 bridgehead atoms. The number of ketones is 1. The van der Waals surface area contributed by atoms with Crippen molar-refractivity contribution in [2.45, 2.75) is 41.5 Å². The van der Waals surface area contributed by atoms with Gasteiger partial charge in [0, 0.05) is 11.3 Å². The van der Waals surface area contributed by atoms with E-state index in [1.165, 1.54) is 17.4 Å². The van der Waals surface area contributed by atoms with E-state index in [9.17, 15) is 14.0 Å². The summed E-state index contributed by atoms with van der Waals surface area (Å²) in [7, 11) is 0. The van der Waals surface area contributed by atoms with Crippen LogP contribution < -0.4 is 10.6 Å². The number of carbonyl (C=O) groups excluding carboxylic acids is 2. The van der Waals surface area contributed by atoms with Gasteiger partial charge in [-0.15, -0.1) is 11.8 Å². The summed E-state index contributed by atoms with van der Waals surface area (Å²) in [6.07, 6.45) is 0.735. The number of benzene rings is 2. The molecule has 1 aliphatic rings. The van der Waals surface area contributed by atoms with E-state index in [1.807, 2.05) is 48.0 Å². The van der Waals surface area contributed by atoms with E-state index in [-0.39, 0.29) is 23.3 Å². The third kappa shape index (κ3) is 5.70. The molecule has 0 saturated carbocycles. The number of hydrogen-bond donors (Lipinski definition) is 2. The van der Waals surface area contributed by atoms with Crippen LogP contribution in [0.1, 0.15) is 42.6 Å². The predicted octanol–water partition coefficient (Wildman–Crippen LogP) is 7.65. The van der Waals surface area contributed by atoms with Crippen LogP contribution in [0, 0.1) is 5.82 Å². The Labute approximate surface area is 244 Å². The summed E-state index contributed by atoms with van der Waals surface area (Å²) in [6, 6.07) is 19.0. The molecule has 3 atom stereocenters. The first-order valence-corrected chi connectivity index (χ1v) is 14.9. The maximum absolute atomic E-state index is 13.7. The Kier molecular flexibility index (Phi) is 8.28. The zero-order valence-corrected chi connectivity index (χ0v) is 23.9. The molecule has 1 saturated heterocycles. The number of nitrogens with zero attached hydrogens (tertiary/aromatic N) is 1. The summed E-state index contributed by atoms with van der Waals surface area (Å²) in [6.45, 7) is 2.00. The van der Waals surface area contributed by atoms with E-state index < -0.39 is 22.5 Å². The number of piperidine rings is 1. The third-order valence-electron chi connectivity index (χ3n) is 6.66. The average molecular weight is 601 g/mol. The van der Waals surface area contributed by atoms with Gasteiger partial charge >= 0.3 is 0 Å². The lowest BCUT2D eigenvalue weighted by Crippen LogP contribution is -2.58. The largest absolute Gasteiger partial charge is 0.363 e. The van der Waals surface area contributed by atoms with E-state index >= 15 is 0 Å². The van der Waals surface area contributed by atoms with Gasteiger partial charge in [-0.25, -0.2) is 9.37 Å². The molecule has 10 heteroatoms. The third-order valence-corrected chi connectivity index (χ3v) is 9.40. The molecule has 2 unspecified atom stereocenters. The Hall–Kier alpha value is -2.91. The number of aromatic nitrogens is 1. The molecule has 1 fully saturated rings. The first-order chi connectivity index (χ1) is 18.8. The van der Waals surface area contributed by atoms with Crippen LogP contribution in [0.25, 0.3) is 0 Å². The highest BCUT2D eigenvalue weighted by atomic mass is 35.5. The lowest BCUT2D eigenvalue weighted by atomic mass is 9.79. The second-order valence-corrected chi connectivity index (χ2v) is 11.9. The van der Waals surface area contributed by atoms with Crippen LogP contribution in [-0.4, -0.2) is 21.9 Å². The first kappa shape index (κ1) is 27.6. The molecule has 2 N–H and O–H groups in total. The van der Waals surface area contributed by atoms with Gasteiger partial charge in [-0.3, -0.25) is 9.59 Å². The minimum atomic E-state index is -1.12. The Morgan fingerprint density at radius 3 is 2.64 bits per heavy atom. The molecule has 5 rings (SSSR count). The van der Waals surface area contributed by atoms with Gasteiger partial charge in [0.15, 0.2) is 5.78 Å². The van der Waals surface area contributed by atoms with E-state index in [0.29, 0.717) is 27.9 Å².